The summed E-state index contributed by atoms with van der Waals surface area (Å²) in [4.78, 5) is 31.3. The van der Waals surface area contributed by atoms with Gasteiger partial charge in [0.15, 0.2) is 0 Å². The highest BCUT2D eigenvalue weighted by atomic mass is 16.5. The monoisotopic (exact) mass is 487 g/mol. The highest BCUT2D eigenvalue weighted by Gasteiger charge is 2.18. The second-order valence-corrected chi connectivity index (χ2v) is 9.01. The number of nitrogens with one attached hydrogen (secondary N) is 2. The number of unbranched alkanes of at least 4 members (excludes halogenated alkanes) is 3. The zero-order valence-corrected chi connectivity index (χ0v) is 21.1. The number of pyridine rings is 2. The normalized spacial score (nSPS) is 11.2. The number of methoxy groups -OCH3 is 1. The van der Waals surface area contributed by atoms with Crippen LogP contribution in [0.5, 0.6) is 5.75 Å². The Morgan fingerprint density at radius 2 is 1.89 bits per heavy atom. The van der Waals surface area contributed by atoms with Crippen molar-refractivity contribution in [3.63, 3.8) is 0 Å². The van der Waals surface area contributed by atoms with Gasteiger partial charge >= 0.3 is 0 Å². The summed E-state index contributed by atoms with van der Waals surface area (Å²) < 4.78 is 8.42. The summed E-state index contributed by atoms with van der Waals surface area (Å²) in [5.74, 6) is 0.428. The lowest BCUT2D eigenvalue weighted by molar-refractivity contribution is 0.0950. The second-order valence-electron chi connectivity index (χ2n) is 9.01. The molecular weight excluding hydrogens is 454 g/mol. The molecule has 8 heteroatoms. The summed E-state index contributed by atoms with van der Waals surface area (Å²) >= 11 is 0. The molecule has 0 unspecified atom stereocenters. The third-order valence-corrected chi connectivity index (χ3v) is 6.48. The molecule has 0 aliphatic carbocycles. The molecule has 3 aromatic heterocycles. The molecule has 1 aromatic carbocycles. The molecule has 0 aliphatic heterocycles. The van der Waals surface area contributed by atoms with Crippen molar-refractivity contribution >= 4 is 22.6 Å². The van der Waals surface area contributed by atoms with Crippen molar-refractivity contribution in [3.05, 3.63) is 81.2 Å². The first kappa shape index (κ1) is 25.2. The van der Waals surface area contributed by atoms with Crippen molar-refractivity contribution in [2.75, 3.05) is 13.7 Å². The Morgan fingerprint density at radius 1 is 1.11 bits per heavy atom. The van der Waals surface area contributed by atoms with E-state index >= 15 is 0 Å². The predicted octanol–water partition coefficient (Wildman–Crippen LogP) is 4.00. The number of hydrogen-bond donors (Lipinski definition) is 2. The molecular formula is C28H33N5O3. The van der Waals surface area contributed by atoms with Crippen LogP contribution in [0.15, 0.2) is 53.5 Å². The van der Waals surface area contributed by atoms with Gasteiger partial charge in [0.25, 0.3) is 11.5 Å². The van der Waals surface area contributed by atoms with Crippen LogP contribution in [0, 0.1) is 12.3 Å². The minimum absolute atomic E-state index is 0.0481. The molecule has 0 fully saturated rings. The van der Waals surface area contributed by atoms with Gasteiger partial charge in [-0.15, -0.1) is 0 Å². The van der Waals surface area contributed by atoms with Crippen LogP contribution in [0.3, 0.4) is 0 Å². The van der Waals surface area contributed by atoms with Crippen LogP contribution in [0.2, 0.25) is 0 Å². The molecule has 0 spiro atoms. The molecule has 0 saturated heterocycles. The van der Waals surface area contributed by atoms with Gasteiger partial charge in [-0.05, 0) is 55.2 Å². The van der Waals surface area contributed by atoms with Gasteiger partial charge in [0.05, 0.1) is 18.1 Å². The van der Waals surface area contributed by atoms with Crippen molar-refractivity contribution in [1.29, 1.82) is 5.41 Å². The maximum atomic E-state index is 13.5. The quantitative estimate of drug-likeness (QED) is 0.261. The van der Waals surface area contributed by atoms with Gasteiger partial charge < -0.3 is 14.6 Å². The zero-order valence-electron chi connectivity index (χ0n) is 21.1. The van der Waals surface area contributed by atoms with E-state index in [9.17, 15) is 9.59 Å². The highest BCUT2D eigenvalue weighted by molar-refractivity contribution is 5.96. The van der Waals surface area contributed by atoms with E-state index in [1.807, 2.05) is 37.3 Å². The highest BCUT2D eigenvalue weighted by Crippen LogP contribution is 2.15. The number of ether oxygens (including phenoxy) is 1. The minimum Gasteiger partial charge on any atom is -0.497 e. The maximum Gasteiger partial charge on any atom is 0.267 e. The number of fused-ring (bicyclic) bond motifs is 2. The number of rotatable bonds is 10. The van der Waals surface area contributed by atoms with Crippen molar-refractivity contribution in [2.45, 2.75) is 52.5 Å². The Hall–Kier alpha value is -3.94. The number of carbonyl (C=O) groups is 1. The number of aromatic nitrogens is 3. The molecule has 0 aliphatic rings. The lowest BCUT2D eigenvalue weighted by Gasteiger charge is -2.15. The van der Waals surface area contributed by atoms with Crippen LogP contribution in [0.4, 0.5) is 0 Å². The van der Waals surface area contributed by atoms with Gasteiger partial charge in [-0.2, -0.15) is 0 Å². The number of nitrogens with zero attached hydrogens (tertiary/aromatic N) is 3. The summed E-state index contributed by atoms with van der Waals surface area (Å²) in [6, 6.07) is 13.0. The number of amides is 1. The van der Waals surface area contributed by atoms with Gasteiger partial charge in [-0.3, -0.25) is 19.4 Å². The largest absolute Gasteiger partial charge is 0.497 e. The molecule has 36 heavy (non-hydrogen) atoms. The average molecular weight is 488 g/mol. The van der Waals surface area contributed by atoms with E-state index in [-0.39, 0.29) is 22.5 Å². The van der Waals surface area contributed by atoms with Crippen LogP contribution >= 0.6 is 0 Å². The third-order valence-electron chi connectivity index (χ3n) is 6.48. The standard InChI is InChI=1S/C28H33N5O3/c1-4-5-6-7-15-30-27(34)22-18-23-26(31-25-19(2)9-8-16-33(25)28(23)35)32(24(22)29)17-14-20-10-12-21(36-3)13-11-20/h8-13,16,18,29H,4-7,14-15,17H2,1-3H3,(H,30,34). The Labute approximate surface area is 210 Å². The summed E-state index contributed by atoms with van der Waals surface area (Å²) in [5, 5.41) is 12.1. The van der Waals surface area contributed by atoms with Crippen LogP contribution < -0.4 is 21.1 Å². The van der Waals surface area contributed by atoms with Crippen molar-refractivity contribution < 1.29 is 9.53 Å². The molecule has 0 saturated carbocycles. The van der Waals surface area contributed by atoms with Gasteiger partial charge in [0, 0.05) is 19.3 Å². The summed E-state index contributed by atoms with van der Waals surface area (Å²) in [7, 11) is 1.63. The molecule has 8 nitrogen and oxygen atoms in total. The number of hydrogen-bond acceptors (Lipinski definition) is 5. The number of benzene rings is 1. The van der Waals surface area contributed by atoms with E-state index in [0.717, 1.165) is 42.6 Å². The predicted molar refractivity (Wildman–Crippen MR) is 141 cm³/mol. The first-order chi connectivity index (χ1) is 17.4. The van der Waals surface area contributed by atoms with Gasteiger partial charge in [0.1, 0.15) is 22.5 Å². The fourth-order valence-corrected chi connectivity index (χ4v) is 4.37. The van der Waals surface area contributed by atoms with E-state index in [4.69, 9.17) is 15.1 Å². The summed E-state index contributed by atoms with van der Waals surface area (Å²) in [5.41, 5.74) is 2.84. The van der Waals surface area contributed by atoms with E-state index in [1.54, 1.807) is 23.9 Å². The second kappa shape index (κ2) is 11.2. The lowest BCUT2D eigenvalue weighted by atomic mass is 10.1. The molecule has 1 amide bonds. The SMILES string of the molecule is CCCCCCNC(=O)c1cc2c(=O)n3cccc(C)c3nc2n(CCc2ccc(OC)cc2)c1=N. The van der Waals surface area contributed by atoms with Crippen molar-refractivity contribution in [2.24, 2.45) is 0 Å². The number of carbonyl (C=O) groups excluding carboxylic acids is 1. The van der Waals surface area contributed by atoms with Gasteiger partial charge in [0.2, 0.25) is 0 Å². The van der Waals surface area contributed by atoms with Crippen LogP contribution in [-0.4, -0.2) is 33.5 Å². The van der Waals surface area contributed by atoms with E-state index < -0.39 is 0 Å². The topological polar surface area (TPSA) is 101 Å². The molecule has 0 bridgehead atoms. The molecule has 4 rings (SSSR count). The van der Waals surface area contributed by atoms with E-state index in [1.165, 1.54) is 10.5 Å². The van der Waals surface area contributed by atoms with Crippen molar-refractivity contribution in [1.82, 2.24) is 19.3 Å². The van der Waals surface area contributed by atoms with Crippen LogP contribution in [-0.2, 0) is 13.0 Å². The lowest BCUT2D eigenvalue weighted by Crippen LogP contribution is -2.35. The molecule has 0 atom stereocenters. The molecule has 188 valence electrons. The Bertz CT molecular complexity index is 1500. The summed E-state index contributed by atoms with van der Waals surface area (Å²) in [6.45, 7) is 4.98. The van der Waals surface area contributed by atoms with Crippen molar-refractivity contribution in [3.8, 4) is 5.75 Å². The molecule has 4 aromatic rings. The average Bonchev–Trinajstić information content (AvgIpc) is 2.89. The minimum atomic E-state index is -0.342. The van der Waals surface area contributed by atoms with E-state index in [2.05, 4.69) is 12.2 Å². The van der Waals surface area contributed by atoms with Crippen LogP contribution in [0.1, 0.15) is 54.1 Å². The zero-order chi connectivity index (χ0) is 25.7. The molecule has 3 heterocycles. The Morgan fingerprint density at radius 3 is 2.61 bits per heavy atom. The first-order valence-corrected chi connectivity index (χ1v) is 12.5. The van der Waals surface area contributed by atoms with E-state index in [0.29, 0.717) is 36.2 Å². The third kappa shape index (κ3) is 5.17. The Kier molecular flexibility index (Phi) is 7.83. The maximum absolute atomic E-state index is 13.5. The fourth-order valence-electron chi connectivity index (χ4n) is 4.37. The fraction of sp³-hybridized carbons (Fsp3) is 0.357. The first-order valence-electron chi connectivity index (χ1n) is 12.5. The van der Waals surface area contributed by atoms with Crippen LogP contribution in [0.25, 0.3) is 16.7 Å². The van der Waals surface area contributed by atoms with Gasteiger partial charge in [-0.25, -0.2) is 4.98 Å². The smallest absolute Gasteiger partial charge is 0.267 e. The molecule has 2 N–H and O–H groups in total. The van der Waals surface area contributed by atoms with Gasteiger partial charge in [-0.1, -0.05) is 44.4 Å². The summed E-state index contributed by atoms with van der Waals surface area (Å²) in [6.07, 6.45) is 6.45. The number of aryl methyl sites for hydroxylation is 3. The molecule has 0 radical (unpaired) electrons. The Balaban J connectivity index is 1.78.